The summed E-state index contributed by atoms with van der Waals surface area (Å²) in [5, 5.41) is 0. The minimum absolute atomic E-state index is 0.359. The van der Waals surface area contributed by atoms with E-state index in [9.17, 15) is 4.39 Å². The lowest BCUT2D eigenvalue weighted by molar-refractivity contribution is 0.406. The molecular weight excluding hydrogens is 289 g/mol. The number of H-pyrrole nitrogens is 1. The zero-order valence-electron chi connectivity index (χ0n) is 9.08. The van der Waals surface area contributed by atoms with Crippen LogP contribution in [0.25, 0.3) is 0 Å². The van der Waals surface area contributed by atoms with Gasteiger partial charge in [-0.2, -0.15) is 0 Å². The van der Waals surface area contributed by atoms with Gasteiger partial charge in [0.1, 0.15) is 22.0 Å². The van der Waals surface area contributed by atoms with Crippen LogP contribution in [0.5, 0.6) is 5.75 Å². The van der Waals surface area contributed by atoms with Gasteiger partial charge in [-0.1, -0.05) is 0 Å². The molecule has 0 aliphatic rings. The van der Waals surface area contributed by atoms with Crippen molar-refractivity contribution >= 4 is 15.9 Å². The SMILES string of the molecule is COc1ccc(F)cc1C(N)c1ncc(Br)[nH]1. The predicted molar refractivity (Wildman–Crippen MR) is 65.3 cm³/mol. The molecule has 90 valence electrons. The number of rotatable bonds is 3. The third kappa shape index (κ3) is 2.48. The second-order valence-corrected chi connectivity index (χ2v) is 4.33. The van der Waals surface area contributed by atoms with E-state index in [4.69, 9.17) is 10.5 Å². The number of hydrogen-bond acceptors (Lipinski definition) is 3. The Kier molecular flexibility index (Phi) is 3.44. The third-order valence-corrected chi connectivity index (χ3v) is 2.79. The molecule has 0 spiro atoms. The molecule has 0 fully saturated rings. The van der Waals surface area contributed by atoms with E-state index >= 15 is 0 Å². The number of aromatic nitrogens is 2. The van der Waals surface area contributed by atoms with Crippen molar-refractivity contribution in [1.29, 1.82) is 0 Å². The minimum atomic E-state index is -0.563. The van der Waals surface area contributed by atoms with Crippen LogP contribution in [0.4, 0.5) is 4.39 Å². The Balaban J connectivity index is 2.42. The predicted octanol–water partition coefficient (Wildman–Crippen LogP) is 2.37. The Morgan fingerprint density at radius 2 is 2.29 bits per heavy atom. The Bertz CT molecular complexity index is 529. The quantitative estimate of drug-likeness (QED) is 0.914. The molecule has 0 saturated carbocycles. The summed E-state index contributed by atoms with van der Waals surface area (Å²) < 4.78 is 19.1. The maximum atomic E-state index is 13.2. The van der Waals surface area contributed by atoms with Crippen molar-refractivity contribution < 1.29 is 9.13 Å². The average molecular weight is 300 g/mol. The Morgan fingerprint density at radius 3 is 2.88 bits per heavy atom. The molecule has 1 atom stereocenters. The van der Waals surface area contributed by atoms with Crippen molar-refractivity contribution in [2.45, 2.75) is 6.04 Å². The molecule has 0 bridgehead atoms. The van der Waals surface area contributed by atoms with Gasteiger partial charge in [-0.05, 0) is 34.1 Å². The summed E-state index contributed by atoms with van der Waals surface area (Å²) >= 11 is 3.24. The number of hydrogen-bond donors (Lipinski definition) is 2. The van der Waals surface area contributed by atoms with Gasteiger partial charge >= 0.3 is 0 Å². The molecule has 1 unspecified atom stereocenters. The molecule has 0 amide bonds. The standard InChI is InChI=1S/C11H11BrFN3O/c1-17-8-3-2-6(13)4-7(8)10(14)11-15-5-9(12)16-11/h2-5,10H,14H2,1H3,(H,15,16). The van der Waals surface area contributed by atoms with Gasteiger partial charge in [0, 0.05) is 5.56 Å². The van der Waals surface area contributed by atoms with Crippen LogP contribution >= 0.6 is 15.9 Å². The van der Waals surface area contributed by atoms with E-state index in [0.29, 0.717) is 17.1 Å². The van der Waals surface area contributed by atoms with Gasteiger partial charge in [-0.15, -0.1) is 0 Å². The van der Waals surface area contributed by atoms with Crippen molar-refractivity contribution in [3.8, 4) is 5.75 Å². The normalized spacial score (nSPS) is 12.5. The second-order valence-electron chi connectivity index (χ2n) is 3.48. The number of halogens is 2. The van der Waals surface area contributed by atoms with Gasteiger partial charge < -0.3 is 15.5 Å². The smallest absolute Gasteiger partial charge is 0.128 e. The number of nitrogens with two attached hydrogens (primary N) is 1. The Labute approximate surface area is 106 Å². The summed E-state index contributed by atoms with van der Waals surface area (Å²) in [4.78, 5) is 7.04. The van der Waals surface area contributed by atoms with Gasteiger partial charge in [0.2, 0.25) is 0 Å². The highest BCUT2D eigenvalue weighted by molar-refractivity contribution is 9.10. The molecule has 2 aromatic rings. The van der Waals surface area contributed by atoms with Crippen molar-refractivity contribution in [2.24, 2.45) is 5.73 Å². The lowest BCUT2D eigenvalue weighted by atomic mass is 10.1. The molecule has 2 rings (SSSR count). The first-order valence-corrected chi connectivity index (χ1v) is 5.70. The van der Waals surface area contributed by atoms with E-state index in [-0.39, 0.29) is 5.82 Å². The molecule has 4 nitrogen and oxygen atoms in total. The lowest BCUT2D eigenvalue weighted by Gasteiger charge is -2.13. The maximum absolute atomic E-state index is 13.2. The zero-order chi connectivity index (χ0) is 12.4. The van der Waals surface area contributed by atoms with E-state index in [2.05, 4.69) is 25.9 Å². The highest BCUT2D eigenvalue weighted by atomic mass is 79.9. The highest BCUT2D eigenvalue weighted by Crippen LogP contribution is 2.28. The first kappa shape index (κ1) is 12.1. The van der Waals surface area contributed by atoms with E-state index in [1.54, 1.807) is 12.3 Å². The van der Waals surface area contributed by atoms with Crippen LogP contribution in [0.1, 0.15) is 17.4 Å². The summed E-state index contributed by atoms with van der Waals surface area (Å²) in [6.45, 7) is 0. The van der Waals surface area contributed by atoms with Crippen molar-refractivity contribution in [3.05, 3.63) is 46.2 Å². The van der Waals surface area contributed by atoms with Gasteiger partial charge in [-0.3, -0.25) is 0 Å². The fourth-order valence-electron chi connectivity index (χ4n) is 1.57. The van der Waals surface area contributed by atoms with E-state index < -0.39 is 6.04 Å². The first-order chi connectivity index (χ1) is 8.11. The van der Waals surface area contributed by atoms with Crippen LogP contribution in [-0.4, -0.2) is 17.1 Å². The van der Waals surface area contributed by atoms with Crippen LogP contribution < -0.4 is 10.5 Å². The average Bonchev–Trinajstić information content (AvgIpc) is 2.75. The second kappa shape index (κ2) is 4.85. The molecule has 17 heavy (non-hydrogen) atoms. The molecule has 3 N–H and O–H groups in total. The van der Waals surface area contributed by atoms with Crippen LogP contribution in [-0.2, 0) is 0 Å². The molecule has 1 heterocycles. The molecule has 1 aromatic carbocycles. The summed E-state index contributed by atoms with van der Waals surface area (Å²) in [5.74, 6) is 0.717. The van der Waals surface area contributed by atoms with Crippen LogP contribution in [0.3, 0.4) is 0 Å². The Hall–Kier alpha value is -1.40. The molecule has 0 saturated heterocycles. The Morgan fingerprint density at radius 1 is 1.53 bits per heavy atom. The number of nitrogens with one attached hydrogen (secondary N) is 1. The molecule has 6 heteroatoms. The van der Waals surface area contributed by atoms with Gasteiger partial charge in [0.15, 0.2) is 0 Å². The topological polar surface area (TPSA) is 63.9 Å². The van der Waals surface area contributed by atoms with Crippen molar-refractivity contribution in [2.75, 3.05) is 7.11 Å². The van der Waals surface area contributed by atoms with E-state index in [1.807, 2.05) is 0 Å². The third-order valence-electron chi connectivity index (χ3n) is 2.39. The maximum Gasteiger partial charge on any atom is 0.128 e. The van der Waals surface area contributed by atoms with Crippen LogP contribution in [0.2, 0.25) is 0 Å². The molecule has 0 aliphatic heterocycles. The fraction of sp³-hybridized carbons (Fsp3) is 0.182. The van der Waals surface area contributed by atoms with Gasteiger partial charge in [0.05, 0.1) is 19.3 Å². The first-order valence-electron chi connectivity index (χ1n) is 4.91. The zero-order valence-corrected chi connectivity index (χ0v) is 10.7. The number of aromatic amines is 1. The largest absolute Gasteiger partial charge is 0.496 e. The molecule has 1 aromatic heterocycles. The molecule has 0 aliphatic carbocycles. The number of nitrogens with zero attached hydrogens (tertiary/aromatic N) is 1. The van der Waals surface area contributed by atoms with E-state index in [0.717, 1.165) is 4.60 Å². The molecule has 0 radical (unpaired) electrons. The molecular formula is C11H11BrFN3O. The highest BCUT2D eigenvalue weighted by Gasteiger charge is 2.17. The van der Waals surface area contributed by atoms with Gasteiger partial charge in [-0.25, -0.2) is 9.37 Å². The lowest BCUT2D eigenvalue weighted by Crippen LogP contribution is -2.15. The van der Waals surface area contributed by atoms with Crippen LogP contribution in [0, 0.1) is 5.82 Å². The number of benzene rings is 1. The summed E-state index contributed by atoms with van der Waals surface area (Å²) in [6, 6.07) is 3.65. The van der Waals surface area contributed by atoms with Crippen LogP contribution in [0.15, 0.2) is 29.0 Å². The van der Waals surface area contributed by atoms with E-state index in [1.165, 1.54) is 19.2 Å². The summed E-state index contributed by atoms with van der Waals surface area (Å²) in [6.07, 6.45) is 1.60. The summed E-state index contributed by atoms with van der Waals surface area (Å²) in [5.41, 5.74) is 6.56. The number of methoxy groups -OCH3 is 1. The number of imidazole rings is 1. The number of ether oxygens (including phenoxy) is 1. The van der Waals surface area contributed by atoms with Crippen molar-refractivity contribution in [3.63, 3.8) is 0 Å². The summed E-state index contributed by atoms with van der Waals surface area (Å²) in [7, 11) is 1.52. The minimum Gasteiger partial charge on any atom is -0.496 e. The monoisotopic (exact) mass is 299 g/mol. The fourth-order valence-corrected chi connectivity index (χ4v) is 1.87. The van der Waals surface area contributed by atoms with Gasteiger partial charge in [0.25, 0.3) is 0 Å². The van der Waals surface area contributed by atoms with Crippen molar-refractivity contribution in [1.82, 2.24) is 9.97 Å².